The maximum Gasteiger partial charge on any atom is 0.453 e. The molecule has 6 rings (SSSR count). The Morgan fingerprint density at radius 1 is 1.20 bits per heavy atom. The molecule has 0 atom stereocenters. The summed E-state index contributed by atoms with van der Waals surface area (Å²) < 4.78 is 62.1. The van der Waals surface area contributed by atoms with E-state index in [9.17, 15) is 18.0 Å². The van der Waals surface area contributed by atoms with Gasteiger partial charge in [0, 0.05) is 37.7 Å². The predicted molar refractivity (Wildman–Crippen MR) is 136 cm³/mol. The number of alkyl halides is 3. The summed E-state index contributed by atoms with van der Waals surface area (Å²) in [5, 5.41) is 9.39. The quantitative estimate of drug-likeness (QED) is 0.311. The van der Waals surface area contributed by atoms with E-state index in [1.165, 1.54) is 37.6 Å². The van der Waals surface area contributed by atoms with Crippen molar-refractivity contribution >= 4 is 11.6 Å². The van der Waals surface area contributed by atoms with Gasteiger partial charge in [0.2, 0.25) is 0 Å². The number of rotatable bonds is 8. The third-order valence-corrected chi connectivity index (χ3v) is 6.91. The van der Waals surface area contributed by atoms with Gasteiger partial charge < -0.3 is 14.5 Å². The number of aromatic nitrogens is 5. The Kier molecular flexibility index (Phi) is 6.52. The SMILES string of the molecule is COc1ccc(-n2cnc(C(F)(F)F)n2)c(CNC(=O)C2=CN(Cc3cn4cc(C5CC5)ccc4n3)N(C)N2)c1F. The average Bonchev–Trinajstić information content (AvgIpc) is 3.34. The minimum absolute atomic E-state index is 0.0320. The first-order valence-corrected chi connectivity index (χ1v) is 12.7. The van der Waals surface area contributed by atoms with Crippen LogP contribution in [-0.4, -0.2) is 54.3 Å². The fourth-order valence-corrected chi connectivity index (χ4v) is 4.63. The number of hydrazine groups is 2. The van der Waals surface area contributed by atoms with E-state index in [4.69, 9.17) is 4.74 Å². The summed E-state index contributed by atoms with van der Waals surface area (Å²) in [5.74, 6) is -2.31. The van der Waals surface area contributed by atoms with Crippen LogP contribution in [0, 0.1) is 5.82 Å². The molecule has 11 nitrogen and oxygen atoms in total. The molecular formula is C26H25F4N9O2. The van der Waals surface area contributed by atoms with Crippen LogP contribution in [0.25, 0.3) is 11.3 Å². The first-order chi connectivity index (χ1) is 19.6. The minimum atomic E-state index is -4.77. The zero-order valence-corrected chi connectivity index (χ0v) is 22.0. The number of methoxy groups -OCH3 is 1. The Bertz CT molecular complexity index is 1660. The summed E-state index contributed by atoms with van der Waals surface area (Å²) in [4.78, 5) is 20.9. The van der Waals surface area contributed by atoms with Gasteiger partial charge in [-0.3, -0.25) is 15.2 Å². The summed E-state index contributed by atoms with van der Waals surface area (Å²) in [6.07, 6.45) is 4.10. The Morgan fingerprint density at radius 3 is 2.71 bits per heavy atom. The number of pyridine rings is 1. The Hall–Kier alpha value is -4.66. The maximum atomic E-state index is 15.2. The Labute approximate surface area is 231 Å². The Balaban J connectivity index is 1.17. The number of nitrogens with one attached hydrogen (secondary N) is 2. The molecule has 0 unspecified atom stereocenters. The zero-order chi connectivity index (χ0) is 28.9. The van der Waals surface area contributed by atoms with Gasteiger partial charge in [0.15, 0.2) is 11.6 Å². The van der Waals surface area contributed by atoms with Gasteiger partial charge in [-0.15, -0.1) is 10.2 Å². The molecule has 0 spiro atoms. The third-order valence-electron chi connectivity index (χ3n) is 6.91. The number of ether oxygens (including phenoxy) is 1. The summed E-state index contributed by atoms with van der Waals surface area (Å²) in [6.45, 7) is 0.0140. The lowest BCUT2D eigenvalue weighted by molar-refractivity contribution is -0.144. The van der Waals surface area contributed by atoms with Gasteiger partial charge in [0.05, 0.1) is 25.0 Å². The molecule has 1 aliphatic carbocycles. The lowest BCUT2D eigenvalue weighted by atomic mass is 10.1. The molecule has 3 aromatic heterocycles. The largest absolute Gasteiger partial charge is 0.494 e. The summed E-state index contributed by atoms with van der Waals surface area (Å²) >= 11 is 0. The number of hydrogen-bond acceptors (Lipinski definition) is 8. The van der Waals surface area contributed by atoms with Crippen molar-refractivity contribution in [2.75, 3.05) is 14.2 Å². The molecular weight excluding hydrogens is 546 g/mol. The summed E-state index contributed by atoms with van der Waals surface area (Å²) in [6, 6.07) is 6.69. The highest BCUT2D eigenvalue weighted by molar-refractivity contribution is 5.92. The average molecular weight is 572 g/mol. The van der Waals surface area contributed by atoms with Gasteiger partial charge in [-0.05, 0) is 42.5 Å². The molecule has 4 heterocycles. The molecule has 1 aromatic carbocycles. The van der Waals surface area contributed by atoms with E-state index in [2.05, 4.69) is 38.1 Å². The topological polar surface area (TPSA) is 105 Å². The van der Waals surface area contributed by atoms with Gasteiger partial charge in [-0.25, -0.2) is 19.0 Å². The van der Waals surface area contributed by atoms with Gasteiger partial charge in [-0.1, -0.05) is 6.07 Å². The highest BCUT2D eigenvalue weighted by Gasteiger charge is 2.36. The smallest absolute Gasteiger partial charge is 0.453 e. The van der Waals surface area contributed by atoms with Crippen LogP contribution in [0.2, 0.25) is 0 Å². The van der Waals surface area contributed by atoms with E-state index < -0.39 is 23.7 Å². The molecule has 1 fully saturated rings. The van der Waals surface area contributed by atoms with Gasteiger partial charge in [0.1, 0.15) is 17.7 Å². The van der Waals surface area contributed by atoms with Crippen molar-refractivity contribution in [3.8, 4) is 11.4 Å². The molecule has 1 aliphatic heterocycles. The number of carbonyl (C=O) groups excluding carboxylic acids is 1. The number of carbonyl (C=O) groups is 1. The van der Waals surface area contributed by atoms with Crippen LogP contribution in [0.5, 0.6) is 5.75 Å². The van der Waals surface area contributed by atoms with E-state index >= 15 is 4.39 Å². The molecule has 2 aliphatic rings. The highest BCUT2D eigenvalue weighted by atomic mass is 19.4. The molecule has 0 saturated heterocycles. The fourth-order valence-electron chi connectivity index (χ4n) is 4.63. The molecule has 214 valence electrons. The Morgan fingerprint density at radius 2 is 2.00 bits per heavy atom. The molecule has 1 saturated carbocycles. The lowest BCUT2D eigenvalue weighted by Crippen LogP contribution is -2.40. The predicted octanol–water partition coefficient (Wildman–Crippen LogP) is 3.28. The number of imidazole rings is 1. The van der Waals surface area contributed by atoms with Crippen molar-refractivity contribution in [1.29, 1.82) is 0 Å². The molecule has 4 aromatic rings. The van der Waals surface area contributed by atoms with Crippen molar-refractivity contribution in [2.45, 2.75) is 38.0 Å². The first kappa shape index (κ1) is 26.6. The molecule has 0 radical (unpaired) electrons. The second kappa shape index (κ2) is 10.1. The standard InChI is InChI=1S/C26H25F4N9O2/c1-36-34-19(13-38(36)12-17-11-37-10-16(15-3-4-15)5-8-22(37)33-17)24(40)31-9-18-20(6-7-21(41-2)23(18)27)39-14-32-25(35-39)26(28,29)30/h5-8,10-11,13-15,34H,3-4,9,12H2,1-2H3,(H,31,40). The van der Waals surface area contributed by atoms with Crippen LogP contribution >= 0.6 is 0 Å². The third kappa shape index (κ3) is 5.27. The molecule has 41 heavy (non-hydrogen) atoms. The maximum absolute atomic E-state index is 15.2. The number of hydrogen-bond donors (Lipinski definition) is 2. The van der Waals surface area contributed by atoms with Crippen molar-refractivity contribution in [3.05, 3.63) is 83.3 Å². The van der Waals surface area contributed by atoms with E-state index in [1.807, 2.05) is 16.7 Å². The van der Waals surface area contributed by atoms with E-state index in [0.717, 1.165) is 22.4 Å². The number of halogens is 4. The lowest BCUT2D eigenvalue weighted by Gasteiger charge is -2.23. The number of nitrogens with zero attached hydrogens (tertiary/aromatic N) is 7. The second-order valence-electron chi connectivity index (χ2n) is 9.78. The van der Waals surface area contributed by atoms with E-state index in [1.54, 1.807) is 23.4 Å². The van der Waals surface area contributed by atoms with Crippen LogP contribution in [0.15, 0.2) is 54.9 Å². The monoisotopic (exact) mass is 571 g/mol. The number of amides is 1. The van der Waals surface area contributed by atoms with Crippen LogP contribution in [0.3, 0.4) is 0 Å². The van der Waals surface area contributed by atoms with Crippen LogP contribution < -0.4 is 15.5 Å². The number of benzene rings is 1. The van der Waals surface area contributed by atoms with E-state index in [0.29, 0.717) is 12.5 Å². The zero-order valence-electron chi connectivity index (χ0n) is 22.0. The normalized spacial score (nSPS) is 15.8. The second-order valence-corrected chi connectivity index (χ2v) is 9.78. The van der Waals surface area contributed by atoms with Crippen LogP contribution in [0.4, 0.5) is 17.6 Å². The molecule has 0 bridgehead atoms. The molecule has 15 heteroatoms. The van der Waals surface area contributed by atoms with Crippen molar-refractivity contribution < 1.29 is 27.1 Å². The summed E-state index contributed by atoms with van der Waals surface area (Å²) in [5.41, 5.74) is 5.86. The van der Waals surface area contributed by atoms with Crippen molar-refractivity contribution in [3.63, 3.8) is 0 Å². The minimum Gasteiger partial charge on any atom is -0.494 e. The van der Waals surface area contributed by atoms with Crippen LogP contribution in [-0.2, 0) is 24.1 Å². The first-order valence-electron chi connectivity index (χ1n) is 12.7. The van der Waals surface area contributed by atoms with Crippen LogP contribution in [0.1, 0.15) is 41.4 Å². The fraction of sp³-hybridized carbons (Fsp3) is 0.308. The number of fused-ring (bicyclic) bond motifs is 1. The van der Waals surface area contributed by atoms with Gasteiger partial charge in [0.25, 0.3) is 11.7 Å². The molecule has 2 N–H and O–H groups in total. The highest BCUT2D eigenvalue weighted by Crippen LogP contribution is 2.40. The van der Waals surface area contributed by atoms with Gasteiger partial charge in [-0.2, -0.15) is 13.2 Å². The molecule has 1 amide bonds. The van der Waals surface area contributed by atoms with Crippen molar-refractivity contribution in [1.82, 2.24) is 45.0 Å². The van der Waals surface area contributed by atoms with Gasteiger partial charge >= 0.3 is 6.18 Å². The van der Waals surface area contributed by atoms with Crippen molar-refractivity contribution in [2.24, 2.45) is 0 Å². The summed E-state index contributed by atoms with van der Waals surface area (Å²) in [7, 11) is 2.98. The van der Waals surface area contributed by atoms with E-state index in [-0.39, 0.29) is 29.2 Å².